The predicted molar refractivity (Wildman–Crippen MR) is 377 cm³/mol. The number of aromatic nitrogens is 2. The zero-order chi connectivity index (χ0) is 70.8. The Morgan fingerprint density at radius 1 is 0.525 bits per heavy atom. The first kappa shape index (κ1) is 92.6. The van der Waals surface area contributed by atoms with Gasteiger partial charge in [0.1, 0.15) is 11.6 Å². The van der Waals surface area contributed by atoms with E-state index in [9.17, 15) is 60.2 Å². The smallest absolute Gasteiger partial charge is 0.870 e. The molecule has 99 heavy (non-hydrogen) atoms. The number of carboxylic acids is 1. The SMILES string of the molecule is CCOC(=O)C[C@H](CC(=O)C(CC(C)C)n1cc(CCN(C)C)c(C(F)(F)F)cc1=O)c1cc(-c2c(C)ccc(C)c2C)cc(C)c1F.Cc1ccc(C)c(-c2cc(C)c(F)c([C@H](CC(=O)O)CC(=O)C(CC(C)C)n3cc(CCN(C)C)c(C(F)(F)F)cc3=O)c2)c1C.S.S.[Li+].[OH-].[OH-]. The van der Waals surface area contributed by atoms with E-state index in [0.717, 1.165) is 71.6 Å². The predicted octanol–water partition coefficient (Wildman–Crippen LogP) is 13.0. The Morgan fingerprint density at radius 3 is 1.16 bits per heavy atom. The van der Waals surface area contributed by atoms with Crippen LogP contribution in [0.4, 0.5) is 35.1 Å². The van der Waals surface area contributed by atoms with Crippen LogP contribution in [0.2, 0.25) is 0 Å². The van der Waals surface area contributed by atoms with Crippen LogP contribution in [0.3, 0.4) is 0 Å². The van der Waals surface area contributed by atoms with Gasteiger partial charge in [-0.15, -0.1) is 0 Å². The van der Waals surface area contributed by atoms with Crippen LogP contribution in [0, 0.1) is 78.9 Å². The summed E-state index contributed by atoms with van der Waals surface area (Å²) < 4.78 is 123. The monoisotopic (exact) mass is 1430 g/mol. The maximum atomic E-state index is 16.0. The summed E-state index contributed by atoms with van der Waals surface area (Å²) in [5.41, 5.74) is 5.93. The van der Waals surface area contributed by atoms with Crippen molar-refractivity contribution >= 4 is 50.5 Å². The summed E-state index contributed by atoms with van der Waals surface area (Å²) in [6, 6.07) is 13.4. The number of carbonyl (C=O) groups excluding carboxylic acids is 3. The molecule has 2 aromatic heterocycles. The summed E-state index contributed by atoms with van der Waals surface area (Å²) in [6.07, 6.45) is -8.58. The van der Waals surface area contributed by atoms with Crippen LogP contribution in [-0.4, -0.2) is 106 Å². The summed E-state index contributed by atoms with van der Waals surface area (Å²) in [5, 5.41) is 9.82. The van der Waals surface area contributed by atoms with Crippen LogP contribution in [0.5, 0.6) is 0 Å². The van der Waals surface area contributed by atoms with Crippen molar-refractivity contribution in [3.8, 4) is 22.3 Å². The first-order valence-corrected chi connectivity index (χ1v) is 31.8. The van der Waals surface area contributed by atoms with Crippen LogP contribution >= 0.6 is 27.0 Å². The van der Waals surface area contributed by atoms with Crippen LogP contribution in [0.15, 0.2) is 82.6 Å². The fraction of sp³-hybridized carbons (Fsp3) is 0.486. The molecule has 4 aromatic carbocycles. The van der Waals surface area contributed by atoms with Gasteiger partial charge in [0.2, 0.25) is 0 Å². The number of alkyl halides is 6. The van der Waals surface area contributed by atoms with Crippen molar-refractivity contribution in [2.24, 2.45) is 11.8 Å². The maximum absolute atomic E-state index is 16.0. The zero-order valence-corrected chi connectivity index (χ0v) is 62.2. The molecule has 0 bridgehead atoms. The molecule has 14 nitrogen and oxygen atoms in total. The molecule has 4 atom stereocenters. The number of Topliss-reactive ketones (excluding diaryl/α,β-unsaturated/α-hetero) is 2. The van der Waals surface area contributed by atoms with Crippen LogP contribution in [-0.2, 0) is 49.1 Å². The summed E-state index contributed by atoms with van der Waals surface area (Å²) in [4.78, 5) is 83.1. The number of pyridine rings is 2. The van der Waals surface area contributed by atoms with E-state index < -0.39 is 106 Å². The van der Waals surface area contributed by atoms with Crippen molar-refractivity contribution in [2.45, 2.75) is 178 Å². The number of benzene rings is 4. The molecular weight excluding hydrogens is 1330 g/mol. The number of halogens is 8. The van der Waals surface area contributed by atoms with E-state index in [4.69, 9.17) is 4.74 Å². The Labute approximate surface area is 603 Å². The van der Waals surface area contributed by atoms with Gasteiger partial charge in [0.15, 0.2) is 11.6 Å². The van der Waals surface area contributed by atoms with Gasteiger partial charge >= 0.3 is 43.2 Å². The van der Waals surface area contributed by atoms with Crippen molar-refractivity contribution in [1.29, 1.82) is 0 Å². The third kappa shape index (κ3) is 24.7. The molecule has 0 aliphatic rings. The fourth-order valence-electron chi connectivity index (χ4n) is 12.2. The molecule has 0 saturated heterocycles. The topological polar surface area (TPSA) is 208 Å². The van der Waals surface area contributed by atoms with E-state index >= 15 is 8.78 Å². The first-order chi connectivity index (χ1) is 43.7. The van der Waals surface area contributed by atoms with Gasteiger partial charge in [0.25, 0.3) is 11.1 Å². The molecule has 0 aliphatic carbocycles. The van der Waals surface area contributed by atoms with Gasteiger partial charge in [-0.2, -0.15) is 53.3 Å². The number of ketones is 2. The van der Waals surface area contributed by atoms with E-state index in [1.54, 1.807) is 83.0 Å². The third-order valence-corrected chi connectivity index (χ3v) is 17.3. The molecule has 6 rings (SSSR count). The van der Waals surface area contributed by atoms with Crippen molar-refractivity contribution < 1.29 is 94.0 Å². The van der Waals surface area contributed by atoms with Gasteiger partial charge in [0.05, 0.1) is 42.7 Å². The number of esters is 1. The van der Waals surface area contributed by atoms with E-state index in [-0.39, 0.29) is 143 Å². The van der Waals surface area contributed by atoms with E-state index in [1.165, 1.54) is 0 Å². The number of likely N-dealkylation sites (N-methyl/N-ethyl adjacent to an activating group) is 2. The van der Waals surface area contributed by atoms with Gasteiger partial charge in [0, 0.05) is 62.3 Å². The minimum absolute atomic E-state index is 0. The van der Waals surface area contributed by atoms with Gasteiger partial charge < -0.3 is 39.7 Å². The Kier molecular flexibility index (Phi) is 37.2. The first-order valence-electron chi connectivity index (χ1n) is 31.8. The molecule has 25 heteroatoms. The molecular formula is C74H98F8LiN4O10S2-. The third-order valence-electron chi connectivity index (χ3n) is 17.3. The number of carboxylic acid groups (broad SMARTS) is 1. The number of ether oxygens (including phenoxy) is 1. The van der Waals surface area contributed by atoms with Gasteiger partial charge in [-0.25, -0.2) is 8.78 Å². The molecule has 3 N–H and O–H groups in total. The molecule has 0 fully saturated rings. The summed E-state index contributed by atoms with van der Waals surface area (Å²) in [5.74, 6) is -6.34. The average molecular weight is 1430 g/mol. The van der Waals surface area contributed by atoms with Crippen molar-refractivity contribution in [3.63, 3.8) is 0 Å². The van der Waals surface area contributed by atoms with Crippen LogP contribution in [0.1, 0.15) is 175 Å². The second-order valence-corrected chi connectivity index (χ2v) is 26.4. The van der Waals surface area contributed by atoms with Crippen LogP contribution in [0.25, 0.3) is 22.3 Å². The van der Waals surface area contributed by atoms with Crippen molar-refractivity contribution in [3.05, 3.63) is 183 Å². The minimum atomic E-state index is -4.77. The zero-order valence-electron chi connectivity index (χ0n) is 60.2. The number of rotatable bonds is 27. The van der Waals surface area contributed by atoms with Crippen molar-refractivity contribution in [2.75, 3.05) is 47.9 Å². The van der Waals surface area contributed by atoms with E-state index in [2.05, 4.69) is 0 Å². The quantitative estimate of drug-likeness (QED) is 0.0290. The molecule has 0 spiro atoms. The molecule has 0 amide bonds. The Bertz CT molecular complexity index is 3870. The van der Waals surface area contributed by atoms with Gasteiger partial charge in [-0.1, -0.05) is 52.0 Å². The number of hydrogen-bond acceptors (Lipinski definition) is 11. The maximum Gasteiger partial charge on any atom is 1.00 e. The number of aliphatic carboxylic acids is 1. The molecule has 2 unspecified atom stereocenters. The number of nitrogens with zero attached hydrogens (tertiary/aromatic N) is 4. The molecule has 0 saturated carbocycles. The van der Waals surface area contributed by atoms with Gasteiger partial charge in [-0.05, 0) is 241 Å². The number of aryl methyl sites for hydroxylation is 6. The van der Waals surface area contributed by atoms with Crippen LogP contribution < -0.4 is 30.0 Å². The standard InChI is InChI=1S/C38H48F4N2O4.C36H44F4N2O4.Li.2H2O.2H2S/c1-10-48-35(47)19-28(30-17-29(16-25(6)37(30)39)36-24(5)12-11-23(4)26(36)7)18-33(45)32(15-22(2)3)44-21-27(13-14-43(8)9)31(20-34(44)46)38(40,41)42;1-20(2)13-30(42-19-25(11-12-41(7)8)29(18-32(42)44)36(38,39)40)31(43)16-26(17-33(45)46)28-15-27(14-23(5)35(28)37)34-22(4)10-9-21(3)24(34)6;;;;;/h11-12,16-17,20-22,28,32H,10,13-15,18-19H2,1-9H3;9-10,14-15,18-20,26,30H,11-13,16-17H2,1-8H3,(H,45,46);;4*1H2/q;;+1;;;;/p-2/t28-,32?;26-,30?;;;;;/m00...../s1. The summed E-state index contributed by atoms with van der Waals surface area (Å²) in [7, 11) is 6.90. The second-order valence-electron chi connectivity index (χ2n) is 26.4. The average Bonchev–Trinajstić information content (AvgIpc) is 0.796. The molecule has 0 radical (unpaired) electrons. The summed E-state index contributed by atoms with van der Waals surface area (Å²) >= 11 is 0. The van der Waals surface area contributed by atoms with E-state index in [1.807, 2.05) is 93.5 Å². The molecule has 6 aromatic rings. The minimum Gasteiger partial charge on any atom is -0.870 e. The Balaban J connectivity index is 0.00000185. The number of hydrogen-bond donors (Lipinski definition) is 1. The number of carbonyl (C=O) groups is 4. The molecule has 544 valence electrons. The largest absolute Gasteiger partial charge is 1.00 e. The summed E-state index contributed by atoms with van der Waals surface area (Å²) in [6.45, 7) is 24.6. The second kappa shape index (κ2) is 39.7. The van der Waals surface area contributed by atoms with E-state index in [0.29, 0.717) is 35.4 Å². The fourth-order valence-corrected chi connectivity index (χ4v) is 12.2. The molecule has 2 heterocycles. The Hall–Kier alpha value is -6.36. The van der Waals surface area contributed by atoms with Gasteiger partial charge in [-0.3, -0.25) is 28.8 Å². The van der Waals surface area contributed by atoms with Crippen molar-refractivity contribution in [1.82, 2.24) is 18.9 Å². The normalized spacial score (nSPS) is 12.6. The Morgan fingerprint density at radius 2 is 0.859 bits per heavy atom. The molecule has 0 aliphatic heterocycles.